The summed E-state index contributed by atoms with van der Waals surface area (Å²) in [5.74, 6) is -0.475. The number of anilines is 2. The van der Waals surface area contributed by atoms with Crippen LogP contribution in [-0.2, 0) is 10.0 Å². The zero-order valence-corrected chi connectivity index (χ0v) is 15.9. The molecule has 0 aromatic heterocycles. The minimum atomic E-state index is -3.40. The zero-order valence-electron chi connectivity index (χ0n) is 15.1. The predicted molar refractivity (Wildman–Crippen MR) is 104 cm³/mol. The fourth-order valence-corrected chi connectivity index (χ4v) is 3.64. The Balaban J connectivity index is 1.67. The van der Waals surface area contributed by atoms with Crippen LogP contribution in [0.25, 0.3) is 0 Å². The molecule has 2 aromatic carbocycles. The number of amides is 1. The lowest BCUT2D eigenvalue weighted by Crippen LogP contribution is -2.49. The summed E-state index contributed by atoms with van der Waals surface area (Å²) in [6.45, 7) is 3.56. The Bertz CT molecular complexity index is 925. The maximum Gasteiger partial charge on any atom is 0.254 e. The highest BCUT2D eigenvalue weighted by molar-refractivity contribution is 7.92. The van der Waals surface area contributed by atoms with E-state index in [9.17, 15) is 17.6 Å². The van der Waals surface area contributed by atoms with E-state index >= 15 is 0 Å². The SMILES string of the molecule is CCS(=O)(=O)Nc1cccc(C(=O)N2CCN(c3ccccc3F)CC2)c1. The van der Waals surface area contributed by atoms with Crippen LogP contribution in [0.2, 0.25) is 0 Å². The molecule has 0 unspecified atom stereocenters. The Morgan fingerprint density at radius 3 is 2.44 bits per heavy atom. The van der Waals surface area contributed by atoms with Crippen LogP contribution in [0, 0.1) is 5.82 Å². The van der Waals surface area contributed by atoms with E-state index in [1.165, 1.54) is 6.07 Å². The number of sulfonamides is 1. The summed E-state index contributed by atoms with van der Waals surface area (Å²) in [6, 6.07) is 13.1. The van der Waals surface area contributed by atoms with Crippen LogP contribution in [0.4, 0.5) is 15.8 Å². The molecule has 0 atom stereocenters. The monoisotopic (exact) mass is 391 g/mol. The Morgan fingerprint density at radius 2 is 1.78 bits per heavy atom. The average molecular weight is 391 g/mol. The number of carbonyl (C=O) groups excluding carboxylic acids is 1. The first-order valence-corrected chi connectivity index (χ1v) is 10.4. The van der Waals surface area contributed by atoms with Gasteiger partial charge in [0.05, 0.1) is 11.4 Å². The molecule has 8 heteroatoms. The third-order valence-electron chi connectivity index (χ3n) is 4.52. The van der Waals surface area contributed by atoms with Crippen molar-refractivity contribution in [1.82, 2.24) is 4.90 Å². The molecule has 1 aliphatic heterocycles. The largest absolute Gasteiger partial charge is 0.366 e. The highest BCUT2D eigenvalue weighted by atomic mass is 32.2. The first-order chi connectivity index (χ1) is 12.9. The normalized spacial score (nSPS) is 14.9. The van der Waals surface area contributed by atoms with Gasteiger partial charge in [-0.15, -0.1) is 0 Å². The number of piperazine rings is 1. The van der Waals surface area contributed by atoms with Crippen molar-refractivity contribution in [3.05, 3.63) is 59.9 Å². The summed E-state index contributed by atoms with van der Waals surface area (Å²) in [4.78, 5) is 16.4. The molecule has 2 aromatic rings. The maximum absolute atomic E-state index is 13.9. The molecule has 1 amide bonds. The molecule has 0 spiro atoms. The maximum atomic E-state index is 13.9. The molecule has 0 aliphatic carbocycles. The van der Waals surface area contributed by atoms with Crippen molar-refractivity contribution in [2.75, 3.05) is 41.6 Å². The predicted octanol–water partition coefficient (Wildman–Crippen LogP) is 2.55. The van der Waals surface area contributed by atoms with E-state index in [4.69, 9.17) is 0 Å². The van der Waals surface area contributed by atoms with Gasteiger partial charge in [0.15, 0.2) is 0 Å². The molecule has 1 saturated heterocycles. The highest BCUT2D eigenvalue weighted by Crippen LogP contribution is 2.21. The van der Waals surface area contributed by atoms with Gasteiger partial charge in [-0.25, -0.2) is 12.8 Å². The molecule has 1 heterocycles. The topological polar surface area (TPSA) is 69.7 Å². The number of benzene rings is 2. The number of hydrogen-bond donors (Lipinski definition) is 1. The Hall–Kier alpha value is -2.61. The standard InChI is InChI=1S/C19H22FN3O3S/c1-2-27(25,26)21-16-7-5-6-15(14-16)19(24)23-12-10-22(11-13-23)18-9-4-3-8-17(18)20/h3-9,14,21H,2,10-13H2,1H3. The van der Waals surface area contributed by atoms with Gasteiger partial charge in [0, 0.05) is 37.4 Å². The van der Waals surface area contributed by atoms with E-state index in [1.807, 2.05) is 4.90 Å². The van der Waals surface area contributed by atoms with Crippen LogP contribution in [0.3, 0.4) is 0 Å². The number of carbonyl (C=O) groups is 1. The van der Waals surface area contributed by atoms with Crippen molar-refractivity contribution in [3.63, 3.8) is 0 Å². The lowest BCUT2D eigenvalue weighted by Gasteiger charge is -2.36. The lowest BCUT2D eigenvalue weighted by molar-refractivity contribution is 0.0746. The third kappa shape index (κ3) is 4.57. The number of hydrogen-bond acceptors (Lipinski definition) is 4. The number of rotatable bonds is 5. The van der Waals surface area contributed by atoms with E-state index in [1.54, 1.807) is 54.3 Å². The van der Waals surface area contributed by atoms with Gasteiger partial charge in [-0.2, -0.15) is 0 Å². The number of nitrogens with zero attached hydrogens (tertiary/aromatic N) is 2. The fraction of sp³-hybridized carbons (Fsp3) is 0.316. The molecule has 0 saturated carbocycles. The van der Waals surface area contributed by atoms with Crippen LogP contribution < -0.4 is 9.62 Å². The Labute approximate surface area is 158 Å². The first-order valence-electron chi connectivity index (χ1n) is 8.79. The van der Waals surface area contributed by atoms with Crippen molar-refractivity contribution in [1.29, 1.82) is 0 Å². The molecule has 27 heavy (non-hydrogen) atoms. The van der Waals surface area contributed by atoms with Crippen LogP contribution in [-0.4, -0.2) is 51.2 Å². The van der Waals surface area contributed by atoms with Crippen LogP contribution >= 0.6 is 0 Å². The molecule has 1 N–H and O–H groups in total. The van der Waals surface area contributed by atoms with Gasteiger partial charge in [0.1, 0.15) is 5.82 Å². The molecule has 0 bridgehead atoms. The molecule has 1 fully saturated rings. The second-order valence-corrected chi connectivity index (χ2v) is 8.33. The van der Waals surface area contributed by atoms with Crippen LogP contribution in [0.5, 0.6) is 0 Å². The molecule has 3 rings (SSSR count). The van der Waals surface area contributed by atoms with Crippen molar-refractivity contribution < 1.29 is 17.6 Å². The van der Waals surface area contributed by atoms with Gasteiger partial charge in [0.25, 0.3) is 5.91 Å². The summed E-state index contributed by atoms with van der Waals surface area (Å²) in [5.41, 5.74) is 1.33. The second-order valence-electron chi connectivity index (χ2n) is 6.32. The van der Waals surface area contributed by atoms with Gasteiger partial charge in [0.2, 0.25) is 10.0 Å². The van der Waals surface area contributed by atoms with Gasteiger partial charge in [-0.1, -0.05) is 18.2 Å². The number of nitrogens with one attached hydrogen (secondary N) is 1. The zero-order chi connectivity index (χ0) is 19.4. The summed E-state index contributed by atoms with van der Waals surface area (Å²) < 4.78 is 39.8. The van der Waals surface area contributed by atoms with Crippen molar-refractivity contribution in [3.8, 4) is 0 Å². The molecular weight excluding hydrogens is 369 g/mol. The fourth-order valence-electron chi connectivity index (χ4n) is 3.01. The van der Waals surface area contributed by atoms with E-state index < -0.39 is 10.0 Å². The summed E-state index contributed by atoms with van der Waals surface area (Å²) in [5, 5.41) is 0. The van der Waals surface area contributed by atoms with E-state index in [0.717, 1.165) is 0 Å². The van der Waals surface area contributed by atoms with Crippen molar-refractivity contribution >= 4 is 27.3 Å². The highest BCUT2D eigenvalue weighted by Gasteiger charge is 2.23. The number of halogens is 1. The summed E-state index contributed by atoms with van der Waals surface area (Å²) >= 11 is 0. The summed E-state index contributed by atoms with van der Waals surface area (Å²) in [7, 11) is -3.40. The number of para-hydroxylation sites is 1. The van der Waals surface area contributed by atoms with E-state index in [-0.39, 0.29) is 17.5 Å². The molecule has 0 radical (unpaired) electrons. The van der Waals surface area contributed by atoms with Crippen LogP contribution in [0.1, 0.15) is 17.3 Å². The smallest absolute Gasteiger partial charge is 0.254 e. The summed E-state index contributed by atoms with van der Waals surface area (Å²) in [6.07, 6.45) is 0. The minimum absolute atomic E-state index is 0.0385. The lowest BCUT2D eigenvalue weighted by atomic mass is 10.1. The minimum Gasteiger partial charge on any atom is -0.366 e. The quantitative estimate of drug-likeness (QED) is 0.851. The third-order valence-corrected chi connectivity index (χ3v) is 5.83. The average Bonchev–Trinajstić information content (AvgIpc) is 2.68. The Kier molecular flexibility index (Phi) is 5.65. The van der Waals surface area contributed by atoms with Gasteiger partial charge in [-0.3, -0.25) is 9.52 Å². The second kappa shape index (κ2) is 7.96. The van der Waals surface area contributed by atoms with Gasteiger partial charge >= 0.3 is 0 Å². The van der Waals surface area contributed by atoms with Gasteiger partial charge in [-0.05, 0) is 37.3 Å². The van der Waals surface area contributed by atoms with Crippen molar-refractivity contribution in [2.45, 2.75) is 6.92 Å². The molecular formula is C19H22FN3O3S. The molecule has 144 valence electrons. The van der Waals surface area contributed by atoms with Crippen molar-refractivity contribution in [2.24, 2.45) is 0 Å². The van der Waals surface area contributed by atoms with Crippen LogP contribution in [0.15, 0.2) is 48.5 Å². The Morgan fingerprint density at radius 1 is 1.07 bits per heavy atom. The van der Waals surface area contributed by atoms with E-state index in [2.05, 4.69) is 4.72 Å². The molecule has 1 aliphatic rings. The molecule has 6 nitrogen and oxygen atoms in total. The van der Waals surface area contributed by atoms with E-state index in [0.29, 0.717) is 43.1 Å². The van der Waals surface area contributed by atoms with Gasteiger partial charge < -0.3 is 9.80 Å². The first kappa shape index (κ1) is 19.2.